The predicted molar refractivity (Wildman–Crippen MR) is 119 cm³/mol. The molecular weight excluding hydrogens is 408 g/mol. The van der Waals surface area contributed by atoms with Crippen molar-refractivity contribution in [2.75, 3.05) is 6.79 Å². The van der Waals surface area contributed by atoms with Crippen LogP contribution in [0.25, 0.3) is 0 Å². The van der Waals surface area contributed by atoms with Gasteiger partial charge in [-0.2, -0.15) is 0 Å². The van der Waals surface area contributed by atoms with Crippen molar-refractivity contribution in [2.24, 2.45) is 0 Å². The van der Waals surface area contributed by atoms with E-state index in [2.05, 4.69) is 10.6 Å². The molecule has 1 heterocycles. The van der Waals surface area contributed by atoms with Crippen molar-refractivity contribution in [3.05, 3.63) is 89.5 Å². The second-order valence-corrected chi connectivity index (χ2v) is 7.33. The summed E-state index contributed by atoms with van der Waals surface area (Å²) in [5.41, 5.74) is 2.25. The molecule has 0 bridgehead atoms. The lowest BCUT2D eigenvalue weighted by Crippen LogP contribution is -2.36. The van der Waals surface area contributed by atoms with Crippen molar-refractivity contribution < 1.29 is 23.8 Å². The fraction of sp³-hybridized carbons (Fsp3) is 0.200. The minimum Gasteiger partial charge on any atom is -0.480 e. The van der Waals surface area contributed by atoms with E-state index in [1.165, 1.54) is 0 Å². The highest BCUT2D eigenvalue weighted by Crippen LogP contribution is 2.32. The molecule has 0 unspecified atom stereocenters. The van der Waals surface area contributed by atoms with Crippen LogP contribution in [0.2, 0.25) is 0 Å². The number of hydrogen-bond acceptors (Lipinski definition) is 5. The molecule has 0 spiro atoms. The maximum atomic E-state index is 12.7. The van der Waals surface area contributed by atoms with Crippen molar-refractivity contribution in [2.45, 2.75) is 26.1 Å². The van der Waals surface area contributed by atoms with E-state index in [1.54, 1.807) is 31.2 Å². The van der Waals surface area contributed by atoms with Gasteiger partial charge >= 0.3 is 0 Å². The second-order valence-electron chi connectivity index (χ2n) is 7.33. The third-order valence-corrected chi connectivity index (χ3v) is 5.00. The van der Waals surface area contributed by atoms with Gasteiger partial charge in [-0.1, -0.05) is 48.5 Å². The lowest BCUT2D eigenvalue weighted by molar-refractivity contribution is -0.127. The van der Waals surface area contributed by atoms with Crippen molar-refractivity contribution in [3.63, 3.8) is 0 Å². The van der Waals surface area contributed by atoms with Crippen LogP contribution in [-0.2, 0) is 17.9 Å². The monoisotopic (exact) mass is 432 g/mol. The number of nitrogens with one attached hydrogen (secondary N) is 2. The highest BCUT2D eigenvalue weighted by molar-refractivity contribution is 5.97. The minimum absolute atomic E-state index is 0.203. The number of ether oxygens (including phenoxy) is 3. The Kier molecular flexibility index (Phi) is 6.55. The number of carbonyl (C=O) groups excluding carboxylic acids is 2. The van der Waals surface area contributed by atoms with Crippen LogP contribution in [-0.4, -0.2) is 24.7 Å². The van der Waals surface area contributed by atoms with Gasteiger partial charge in [0.05, 0.1) is 5.56 Å². The first-order valence-electron chi connectivity index (χ1n) is 10.3. The first-order chi connectivity index (χ1) is 15.6. The van der Waals surface area contributed by atoms with Gasteiger partial charge in [-0.15, -0.1) is 0 Å². The molecular formula is C25H24N2O5. The standard InChI is InChI=1S/C25H24N2O5/c1-17(24(28)26-15-19-11-12-22-23(13-19)31-16-30-22)32-21-10-6-5-9-20(21)25(29)27-14-18-7-3-2-4-8-18/h2-13,17H,14-16H2,1H3,(H,26,28)(H,27,29)/t17-/m0/s1. The summed E-state index contributed by atoms with van der Waals surface area (Å²) in [7, 11) is 0. The summed E-state index contributed by atoms with van der Waals surface area (Å²) in [6, 6.07) is 22.0. The molecule has 1 aliphatic heterocycles. The molecule has 32 heavy (non-hydrogen) atoms. The number of fused-ring (bicyclic) bond motifs is 1. The van der Waals surface area contributed by atoms with E-state index in [0.29, 0.717) is 35.9 Å². The Bertz CT molecular complexity index is 1100. The molecule has 4 rings (SSSR count). The summed E-state index contributed by atoms with van der Waals surface area (Å²) in [6.45, 7) is 2.57. The number of para-hydroxylation sites is 1. The van der Waals surface area contributed by atoms with Crippen LogP contribution in [0, 0.1) is 0 Å². The molecule has 0 aliphatic carbocycles. The lowest BCUT2D eigenvalue weighted by atomic mass is 10.1. The number of amides is 2. The number of carbonyl (C=O) groups is 2. The summed E-state index contributed by atoms with van der Waals surface area (Å²) in [5, 5.41) is 5.73. The van der Waals surface area contributed by atoms with Crippen molar-refractivity contribution in [1.82, 2.24) is 10.6 Å². The van der Waals surface area contributed by atoms with Crippen LogP contribution < -0.4 is 24.8 Å². The Morgan fingerprint density at radius 3 is 2.44 bits per heavy atom. The van der Waals surface area contributed by atoms with Gasteiger partial charge in [0.15, 0.2) is 17.6 Å². The van der Waals surface area contributed by atoms with Crippen LogP contribution in [0.3, 0.4) is 0 Å². The van der Waals surface area contributed by atoms with Gasteiger partial charge in [-0.05, 0) is 42.3 Å². The van der Waals surface area contributed by atoms with Gasteiger partial charge in [0.2, 0.25) is 6.79 Å². The van der Waals surface area contributed by atoms with Gasteiger partial charge in [-0.3, -0.25) is 9.59 Å². The van der Waals surface area contributed by atoms with Gasteiger partial charge in [0.25, 0.3) is 11.8 Å². The Morgan fingerprint density at radius 1 is 0.875 bits per heavy atom. The van der Waals surface area contributed by atoms with Crippen molar-refractivity contribution >= 4 is 11.8 Å². The SMILES string of the molecule is C[C@H](Oc1ccccc1C(=O)NCc1ccccc1)C(=O)NCc1ccc2c(c1)OCO2. The molecule has 0 saturated heterocycles. The third kappa shape index (κ3) is 5.18. The van der Waals surface area contributed by atoms with Crippen molar-refractivity contribution in [1.29, 1.82) is 0 Å². The number of rotatable bonds is 8. The zero-order valence-corrected chi connectivity index (χ0v) is 17.7. The maximum absolute atomic E-state index is 12.7. The van der Waals surface area contributed by atoms with Gasteiger partial charge in [-0.25, -0.2) is 0 Å². The van der Waals surface area contributed by atoms with E-state index >= 15 is 0 Å². The third-order valence-electron chi connectivity index (χ3n) is 5.00. The quantitative estimate of drug-likeness (QED) is 0.570. The normalized spacial score (nSPS) is 12.7. The zero-order chi connectivity index (χ0) is 22.3. The molecule has 7 nitrogen and oxygen atoms in total. The summed E-state index contributed by atoms with van der Waals surface area (Å²) in [4.78, 5) is 25.2. The summed E-state index contributed by atoms with van der Waals surface area (Å²) < 4.78 is 16.5. The van der Waals surface area contributed by atoms with Crippen LogP contribution in [0.15, 0.2) is 72.8 Å². The Labute approximate surface area is 186 Å². The van der Waals surface area contributed by atoms with E-state index in [1.807, 2.05) is 48.5 Å². The molecule has 7 heteroatoms. The van der Waals surface area contributed by atoms with E-state index < -0.39 is 6.10 Å². The number of hydrogen-bond donors (Lipinski definition) is 2. The molecule has 164 valence electrons. The Morgan fingerprint density at radius 2 is 1.59 bits per heavy atom. The molecule has 0 fully saturated rings. The molecule has 2 amide bonds. The minimum atomic E-state index is -0.785. The van der Waals surface area contributed by atoms with Crippen LogP contribution in [0.5, 0.6) is 17.2 Å². The fourth-order valence-corrected chi connectivity index (χ4v) is 3.26. The smallest absolute Gasteiger partial charge is 0.261 e. The topological polar surface area (TPSA) is 85.9 Å². The van der Waals surface area contributed by atoms with E-state index in [-0.39, 0.29) is 18.6 Å². The highest BCUT2D eigenvalue weighted by Gasteiger charge is 2.19. The fourth-order valence-electron chi connectivity index (χ4n) is 3.26. The second kappa shape index (κ2) is 9.87. The summed E-state index contributed by atoms with van der Waals surface area (Å²) in [5.74, 6) is 1.15. The molecule has 1 atom stereocenters. The van der Waals surface area contributed by atoms with Crippen LogP contribution >= 0.6 is 0 Å². The van der Waals surface area contributed by atoms with E-state index in [4.69, 9.17) is 14.2 Å². The largest absolute Gasteiger partial charge is 0.480 e. The lowest BCUT2D eigenvalue weighted by Gasteiger charge is -2.17. The average molecular weight is 432 g/mol. The summed E-state index contributed by atoms with van der Waals surface area (Å²) in [6.07, 6.45) is -0.785. The molecule has 1 aliphatic rings. The van der Waals surface area contributed by atoms with Gasteiger partial charge < -0.3 is 24.8 Å². The van der Waals surface area contributed by atoms with E-state index in [0.717, 1.165) is 11.1 Å². The molecule has 0 saturated carbocycles. The average Bonchev–Trinajstić information content (AvgIpc) is 3.30. The Balaban J connectivity index is 1.33. The van der Waals surface area contributed by atoms with Crippen LogP contribution in [0.1, 0.15) is 28.4 Å². The van der Waals surface area contributed by atoms with Gasteiger partial charge in [0.1, 0.15) is 5.75 Å². The molecule has 3 aromatic carbocycles. The first kappa shape index (κ1) is 21.2. The maximum Gasteiger partial charge on any atom is 0.261 e. The molecule has 3 aromatic rings. The van der Waals surface area contributed by atoms with Crippen molar-refractivity contribution in [3.8, 4) is 17.2 Å². The first-order valence-corrected chi connectivity index (χ1v) is 10.3. The van der Waals surface area contributed by atoms with E-state index in [9.17, 15) is 9.59 Å². The van der Waals surface area contributed by atoms with Crippen LogP contribution in [0.4, 0.5) is 0 Å². The summed E-state index contributed by atoms with van der Waals surface area (Å²) >= 11 is 0. The zero-order valence-electron chi connectivity index (χ0n) is 17.7. The molecule has 2 N–H and O–H groups in total. The highest BCUT2D eigenvalue weighted by atomic mass is 16.7. The Hall–Kier alpha value is -4.00. The number of benzene rings is 3. The predicted octanol–water partition coefficient (Wildman–Crippen LogP) is 3.43. The van der Waals surface area contributed by atoms with Gasteiger partial charge in [0, 0.05) is 13.1 Å². The molecule has 0 radical (unpaired) electrons. The molecule has 0 aromatic heterocycles.